The van der Waals surface area contributed by atoms with Crippen LogP contribution < -0.4 is 11.1 Å². The molecule has 1 heterocycles. The largest absolute Gasteiger partial charge is 0.385 e. The maximum absolute atomic E-state index is 11.7. The van der Waals surface area contributed by atoms with Crippen molar-refractivity contribution in [1.29, 1.82) is 0 Å². The van der Waals surface area contributed by atoms with Crippen LogP contribution in [-0.2, 0) is 9.53 Å². The predicted molar refractivity (Wildman–Crippen MR) is 66.7 cm³/mol. The second-order valence-electron chi connectivity index (χ2n) is 3.92. The molecule has 1 rings (SSSR count). The van der Waals surface area contributed by atoms with E-state index in [4.69, 9.17) is 10.5 Å². The average molecular weight is 237 g/mol. The van der Waals surface area contributed by atoms with Gasteiger partial charge >= 0.3 is 0 Å². The maximum Gasteiger partial charge on any atom is 0.241 e. The first kappa shape index (κ1) is 13.6. The van der Waals surface area contributed by atoms with Gasteiger partial charge in [-0.25, -0.2) is 0 Å². The molecule has 17 heavy (non-hydrogen) atoms. The van der Waals surface area contributed by atoms with Crippen LogP contribution in [0, 0.1) is 6.92 Å². The first-order chi connectivity index (χ1) is 8.13. The van der Waals surface area contributed by atoms with Crippen molar-refractivity contribution in [2.75, 3.05) is 19.0 Å². The molecule has 0 bridgehead atoms. The highest BCUT2D eigenvalue weighted by Crippen LogP contribution is 2.08. The normalized spacial score (nSPS) is 12.2. The Labute approximate surface area is 101 Å². The van der Waals surface area contributed by atoms with E-state index in [1.807, 2.05) is 6.92 Å². The number of aryl methyl sites for hydroxylation is 1. The third-order valence-corrected chi connectivity index (χ3v) is 2.36. The number of ether oxygens (including phenoxy) is 1. The van der Waals surface area contributed by atoms with E-state index in [0.717, 1.165) is 17.8 Å². The van der Waals surface area contributed by atoms with Crippen LogP contribution in [0.2, 0.25) is 0 Å². The number of rotatable bonds is 6. The van der Waals surface area contributed by atoms with Crippen molar-refractivity contribution in [3.63, 3.8) is 0 Å². The van der Waals surface area contributed by atoms with E-state index in [9.17, 15) is 4.79 Å². The van der Waals surface area contributed by atoms with Crippen LogP contribution in [0.25, 0.3) is 0 Å². The second kappa shape index (κ2) is 6.98. The molecule has 3 N–H and O–H groups in total. The molecule has 5 heteroatoms. The summed E-state index contributed by atoms with van der Waals surface area (Å²) in [5.41, 5.74) is 7.34. The number of amides is 1. The number of carbonyl (C=O) groups excluding carboxylic acids is 1. The molecular weight excluding hydrogens is 218 g/mol. The standard InChI is InChI=1S/C12H19N3O2/c1-9-8-10(5-6-14-9)15-12(16)11(13)4-3-7-17-2/h5-6,8,11H,3-4,7,13H2,1-2H3,(H,14,15,16). The number of hydrogen-bond donors (Lipinski definition) is 2. The summed E-state index contributed by atoms with van der Waals surface area (Å²) in [5, 5.41) is 2.76. The summed E-state index contributed by atoms with van der Waals surface area (Å²) in [5.74, 6) is -0.174. The van der Waals surface area contributed by atoms with Gasteiger partial charge in [0.25, 0.3) is 0 Å². The lowest BCUT2D eigenvalue weighted by molar-refractivity contribution is -0.117. The Morgan fingerprint density at radius 1 is 1.65 bits per heavy atom. The summed E-state index contributed by atoms with van der Waals surface area (Å²) in [4.78, 5) is 15.8. The van der Waals surface area contributed by atoms with Gasteiger partial charge in [0.15, 0.2) is 0 Å². The molecule has 1 unspecified atom stereocenters. The van der Waals surface area contributed by atoms with Crippen LogP contribution in [0.5, 0.6) is 0 Å². The zero-order valence-corrected chi connectivity index (χ0v) is 10.3. The minimum absolute atomic E-state index is 0.174. The monoisotopic (exact) mass is 237 g/mol. The van der Waals surface area contributed by atoms with Gasteiger partial charge < -0.3 is 15.8 Å². The molecule has 0 radical (unpaired) electrons. The van der Waals surface area contributed by atoms with Gasteiger partial charge in [0.2, 0.25) is 5.91 Å². The highest BCUT2D eigenvalue weighted by Gasteiger charge is 2.12. The first-order valence-corrected chi connectivity index (χ1v) is 5.61. The Bertz CT molecular complexity index is 369. The number of nitrogens with one attached hydrogen (secondary N) is 1. The number of methoxy groups -OCH3 is 1. The van der Waals surface area contributed by atoms with Crippen molar-refractivity contribution in [1.82, 2.24) is 4.98 Å². The molecular formula is C12H19N3O2. The summed E-state index contributed by atoms with van der Waals surface area (Å²) in [6, 6.07) is 3.05. The van der Waals surface area contributed by atoms with E-state index in [-0.39, 0.29) is 5.91 Å². The molecule has 5 nitrogen and oxygen atoms in total. The molecule has 0 aromatic carbocycles. The minimum Gasteiger partial charge on any atom is -0.385 e. The summed E-state index contributed by atoms with van der Waals surface area (Å²) < 4.78 is 4.91. The molecule has 0 aliphatic heterocycles. The third-order valence-electron chi connectivity index (χ3n) is 2.36. The topological polar surface area (TPSA) is 77.2 Å². The smallest absolute Gasteiger partial charge is 0.241 e. The Morgan fingerprint density at radius 2 is 2.41 bits per heavy atom. The zero-order valence-electron chi connectivity index (χ0n) is 10.3. The summed E-state index contributed by atoms with van der Waals surface area (Å²) >= 11 is 0. The van der Waals surface area contributed by atoms with Gasteiger partial charge in [-0.3, -0.25) is 9.78 Å². The number of nitrogens with two attached hydrogens (primary N) is 1. The third kappa shape index (κ3) is 4.93. The predicted octanol–water partition coefficient (Wildman–Crippen LogP) is 1.08. The highest BCUT2D eigenvalue weighted by atomic mass is 16.5. The minimum atomic E-state index is -0.501. The lowest BCUT2D eigenvalue weighted by atomic mass is 10.1. The average Bonchev–Trinajstić information content (AvgIpc) is 2.29. The molecule has 1 aromatic rings. The van der Waals surface area contributed by atoms with E-state index in [2.05, 4.69) is 10.3 Å². The van der Waals surface area contributed by atoms with Crippen LogP contribution in [0.15, 0.2) is 18.3 Å². The van der Waals surface area contributed by atoms with Gasteiger partial charge in [0, 0.05) is 31.3 Å². The number of hydrogen-bond acceptors (Lipinski definition) is 4. The summed E-state index contributed by atoms with van der Waals surface area (Å²) in [6.07, 6.45) is 3.05. The molecule has 94 valence electrons. The van der Waals surface area contributed by atoms with E-state index >= 15 is 0 Å². The molecule has 0 saturated carbocycles. The Kier molecular flexibility index (Phi) is 5.59. The SMILES string of the molecule is COCCCC(N)C(=O)Nc1ccnc(C)c1. The van der Waals surface area contributed by atoms with Crippen LogP contribution in [0.3, 0.4) is 0 Å². The lowest BCUT2D eigenvalue weighted by Crippen LogP contribution is -2.35. The Morgan fingerprint density at radius 3 is 3.06 bits per heavy atom. The molecule has 1 amide bonds. The van der Waals surface area contributed by atoms with Gasteiger partial charge in [-0.1, -0.05) is 0 Å². The van der Waals surface area contributed by atoms with Crippen LogP contribution in [0.1, 0.15) is 18.5 Å². The highest BCUT2D eigenvalue weighted by molar-refractivity contribution is 5.94. The number of pyridine rings is 1. The number of aromatic nitrogens is 1. The molecule has 0 aliphatic carbocycles. The van der Waals surface area contributed by atoms with Gasteiger partial charge in [0.05, 0.1) is 6.04 Å². The second-order valence-corrected chi connectivity index (χ2v) is 3.92. The van der Waals surface area contributed by atoms with Gasteiger partial charge in [0.1, 0.15) is 0 Å². The van der Waals surface area contributed by atoms with Crippen molar-refractivity contribution >= 4 is 11.6 Å². The Balaban J connectivity index is 2.43. The number of nitrogens with zero attached hydrogens (tertiary/aromatic N) is 1. The fourth-order valence-corrected chi connectivity index (χ4v) is 1.44. The molecule has 0 saturated heterocycles. The van der Waals surface area contributed by atoms with E-state index < -0.39 is 6.04 Å². The fourth-order valence-electron chi connectivity index (χ4n) is 1.44. The quantitative estimate of drug-likeness (QED) is 0.726. The maximum atomic E-state index is 11.7. The van der Waals surface area contributed by atoms with Crippen molar-refractivity contribution < 1.29 is 9.53 Å². The van der Waals surface area contributed by atoms with Gasteiger partial charge in [-0.05, 0) is 31.9 Å². The van der Waals surface area contributed by atoms with E-state index in [1.165, 1.54) is 0 Å². The molecule has 0 fully saturated rings. The zero-order chi connectivity index (χ0) is 12.7. The van der Waals surface area contributed by atoms with E-state index in [0.29, 0.717) is 13.0 Å². The van der Waals surface area contributed by atoms with Crippen LogP contribution in [-0.4, -0.2) is 30.6 Å². The first-order valence-electron chi connectivity index (χ1n) is 5.61. The van der Waals surface area contributed by atoms with Gasteiger partial charge in [-0.2, -0.15) is 0 Å². The van der Waals surface area contributed by atoms with Crippen LogP contribution in [0.4, 0.5) is 5.69 Å². The van der Waals surface area contributed by atoms with Crippen molar-refractivity contribution in [2.24, 2.45) is 5.73 Å². The van der Waals surface area contributed by atoms with Crippen LogP contribution >= 0.6 is 0 Å². The fraction of sp³-hybridized carbons (Fsp3) is 0.500. The summed E-state index contributed by atoms with van der Waals surface area (Å²) in [6.45, 7) is 2.49. The lowest BCUT2D eigenvalue weighted by Gasteiger charge is -2.12. The molecule has 0 aliphatic rings. The van der Waals surface area contributed by atoms with Gasteiger partial charge in [-0.15, -0.1) is 0 Å². The van der Waals surface area contributed by atoms with Crippen molar-refractivity contribution in [2.45, 2.75) is 25.8 Å². The van der Waals surface area contributed by atoms with Crippen molar-refractivity contribution in [3.8, 4) is 0 Å². The van der Waals surface area contributed by atoms with E-state index in [1.54, 1.807) is 25.4 Å². The molecule has 1 atom stereocenters. The number of carbonyl (C=O) groups is 1. The summed E-state index contributed by atoms with van der Waals surface area (Å²) in [7, 11) is 1.63. The Hall–Kier alpha value is -1.46. The van der Waals surface area contributed by atoms with Crippen molar-refractivity contribution in [3.05, 3.63) is 24.0 Å². The molecule has 0 spiro atoms. The molecule has 1 aromatic heterocycles. The number of anilines is 1.